The van der Waals surface area contributed by atoms with Crippen molar-refractivity contribution in [2.75, 3.05) is 11.9 Å². The lowest BCUT2D eigenvalue weighted by molar-refractivity contribution is 1.11. The normalized spacial score (nSPS) is 16.2. The van der Waals surface area contributed by atoms with Gasteiger partial charge < -0.3 is 5.32 Å². The zero-order valence-electron chi connectivity index (χ0n) is 6.15. The van der Waals surface area contributed by atoms with E-state index in [1.807, 2.05) is 18.2 Å². The van der Waals surface area contributed by atoms with Gasteiger partial charge in [-0.1, -0.05) is 18.2 Å². The van der Waals surface area contributed by atoms with Gasteiger partial charge in [0.25, 0.3) is 0 Å². The van der Waals surface area contributed by atoms with Crippen LogP contribution in [0.4, 0.5) is 5.69 Å². The Hall–Kier alpha value is -0.980. The van der Waals surface area contributed by atoms with E-state index in [0.29, 0.717) is 6.04 Å². The van der Waals surface area contributed by atoms with Crippen LogP contribution in [0.5, 0.6) is 0 Å². The van der Waals surface area contributed by atoms with Crippen molar-refractivity contribution in [2.24, 2.45) is 0 Å². The summed E-state index contributed by atoms with van der Waals surface area (Å²) >= 11 is 0. The molecular formula is C8H9N. The summed E-state index contributed by atoms with van der Waals surface area (Å²) in [6, 6.07) is 6.45. The molecule has 9 heavy (non-hydrogen) atoms. The lowest BCUT2D eigenvalue weighted by Crippen LogP contribution is -1.90. The number of benzene rings is 1. The smallest absolute Gasteiger partial charge is 0.0626 e. The van der Waals surface area contributed by atoms with Gasteiger partial charge in [-0.05, 0) is 18.1 Å². The zero-order chi connectivity index (χ0) is 6.97. The van der Waals surface area contributed by atoms with Gasteiger partial charge in [0.15, 0.2) is 0 Å². The van der Waals surface area contributed by atoms with Crippen molar-refractivity contribution in [1.82, 2.24) is 0 Å². The van der Waals surface area contributed by atoms with E-state index in [1.54, 1.807) is 0 Å². The molecule has 0 saturated heterocycles. The molecule has 1 heteroatoms. The van der Waals surface area contributed by atoms with Gasteiger partial charge in [0.1, 0.15) is 0 Å². The van der Waals surface area contributed by atoms with Gasteiger partial charge in [0, 0.05) is 12.2 Å². The number of anilines is 1. The van der Waals surface area contributed by atoms with E-state index >= 15 is 0 Å². The molecule has 1 heterocycles. The first kappa shape index (κ1) is 3.94. The number of para-hydroxylation sites is 1. The molecule has 0 spiro atoms. The molecule has 0 fully saturated rings. The molecule has 0 aliphatic carbocycles. The van der Waals surface area contributed by atoms with Crippen molar-refractivity contribution in [3.8, 4) is 0 Å². The summed E-state index contributed by atoms with van der Waals surface area (Å²) in [5.74, 6) is 0. The number of nitrogens with one attached hydrogen (secondary N) is 1. The van der Waals surface area contributed by atoms with Crippen LogP contribution in [0.2, 0.25) is 0 Å². The van der Waals surface area contributed by atoms with Gasteiger partial charge in [0.2, 0.25) is 0 Å². The lowest BCUT2D eigenvalue weighted by Gasteiger charge is -1.94. The minimum atomic E-state index is 0.669. The van der Waals surface area contributed by atoms with Crippen LogP contribution in [0.15, 0.2) is 24.2 Å². The van der Waals surface area contributed by atoms with Crippen LogP contribution in [0.3, 0.4) is 0 Å². The van der Waals surface area contributed by atoms with Crippen LogP contribution in [0.25, 0.3) is 0 Å². The molecule has 1 N–H and O–H groups in total. The summed E-state index contributed by atoms with van der Waals surface area (Å²) in [5.41, 5.74) is 2.31. The van der Waals surface area contributed by atoms with Crippen molar-refractivity contribution < 1.29 is 1.37 Å². The summed E-state index contributed by atoms with van der Waals surface area (Å²) in [7, 11) is 0. The third kappa shape index (κ3) is 0.689. The van der Waals surface area contributed by atoms with Crippen LogP contribution in [0.1, 0.15) is 6.93 Å². The molecule has 46 valence electrons. The van der Waals surface area contributed by atoms with Gasteiger partial charge in [0.05, 0.1) is 1.37 Å². The molecule has 0 bridgehead atoms. The molecule has 2 rings (SSSR count). The Morgan fingerprint density at radius 2 is 2.56 bits per heavy atom. The molecular weight excluding hydrogens is 110 g/mol. The molecule has 1 aromatic rings. The van der Waals surface area contributed by atoms with E-state index < -0.39 is 0 Å². The summed E-state index contributed by atoms with van der Waals surface area (Å²) in [5, 5.41) is 3.22. The molecule has 1 nitrogen and oxygen atoms in total. The maximum atomic E-state index is 7.51. The molecule has 0 saturated carbocycles. The molecule has 1 aromatic carbocycles. The van der Waals surface area contributed by atoms with Crippen molar-refractivity contribution in [3.63, 3.8) is 0 Å². The number of rotatable bonds is 0. The fourth-order valence-electron chi connectivity index (χ4n) is 1.17. The van der Waals surface area contributed by atoms with Gasteiger partial charge in [-0.25, -0.2) is 0 Å². The number of hydrogen-bond donors (Lipinski definition) is 1. The van der Waals surface area contributed by atoms with Crippen LogP contribution < -0.4 is 5.32 Å². The first-order chi connectivity index (χ1) is 4.88. The summed E-state index contributed by atoms with van der Waals surface area (Å²) < 4.78 is 7.51. The van der Waals surface area contributed by atoms with Crippen molar-refractivity contribution in [3.05, 3.63) is 29.8 Å². The molecule has 0 amide bonds. The lowest BCUT2D eigenvalue weighted by atomic mass is 10.2. The molecule has 0 radical (unpaired) electrons. The first-order valence-corrected chi connectivity index (χ1v) is 3.20. The molecule has 0 atom stereocenters. The Balaban J connectivity index is 2.59. The minimum absolute atomic E-state index is 0.669. The van der Waals surface area contributed by atoms with E-state index in [2.05, 4.69) is 5.32 Å². The molecule has 1 aliphatic rings. The van der Waals surface area contributed by atoms with E-state index in [1.165, 1.54) is 5.56 Å². The highest BCUT2D eigenvalue weighted by Crippen LogP contribution is 2.19. The van der Waals surface area contributed by atoms with Crippen LogP contribution in [-0.2, 0) is 6.42 Å². The average molecular weight is 120 g/mol. The van der Waals surface area contributed by atoms with Crippen molar-refractivity contribution in [2.45, 2.75) is 6.42 Å². The van der Waals surface area contributed by atoms with Gasteiger partial charge in [-0.3, -0.25) is 0 Å². The zero-order valence-corrected chi connectivity index (χ0v) is 5.15. The average Bonchev–Trinajstić information content (AvgIpc) is 2.36. The Labute approximate surface area is 56.1 Å². The second kappa shape index (κ2) is 1.76. The predicted octanol–water partition coefficient (Wildman–Crippen LogP) is 1.65. The number of hydrogen-bond acceptors (Lipinski definition) is 1. The highest BCUT2D eigenvalue weighted by Gasteiger charge is 2.05. The summed E-state index contributed by atoms with van der Waals surface area (Å²) in [4.78, 5) is 0. The van der Waals surface area contributed by atoms with Crippen molar-refractivity contribution in [1.29, 1.82) is 0 Å². The van der Waals surface area contributed by atoms with E-state index in [9.17, 15) is 0 Å². The van der Waals surface area contributed by atoms with Gasteiger partial charge in [-0.15, -0.1) is 0 Å². The third-order valence-corrected chi connectivity index (χ3v) is 1.63. The van der Waals surface area contributed by atoms with E-state index in [4.69, 9.17) is 1.37 Å². The predicted molar refractivity (Wildman–Crippen MR) is 38.6 cm³/mol. The first-order valence-electron chi connectivity index (χ1n) is 3.70. The third-order valence-electron chi connectivity index (χ3n) is 1.63. The Morgan fingerprint density at radius 1 is 1.56 bits per heavy atom. The highest BCUT2D eigenvalue weighted by atomic mass is 14.9. The van der Waals surface area contributed by atoms with Gasteiger partial charge in [-0.2, -0.15) is 0 Å². The topological polar surface area (TPSA) is 12.0 Å². The largest absolute Gasteiger partial charge is 0.384 e. The summed E-state index contributed by atoms with van der Waals surface area (Å²) in [6.45, 7) is 0.991. The Bertz CT molecular complexity index is 257. The van der Waals surface area contributed by atoms with Crippen LogP contribution in [0, 0.1) is 0 Å². The quantitative estimate of drug-likeness (QED) is 0.549. The van der Waals surface area contributed by atoms with Crippen LogP contribution >= 0.6 is 0 Å². The minimum Gasteiger partial charge on any atom is -0.384 e. The fourth-order valence-corrected chi connectivity index (χ4v) is 1.17. The second-order valence-electron chi connectivity index (χ2n) is 2.24. The maximum Gasteiger partial charge on any atom is 0.0626 e. The fraction of sp³-hybridized carbons (Fsp3) is 0.250. The second-order valence-corrected chi connectivity index (χ2v) is 2.24. The molecule has 1 aliphatic heterocycles. The molecule has 0 aromatic heterocycles. The van der Waals surface area contributed by atoms with Crippen LogP contribution in [-0.4, -0.2) is 6.54 Å². The standard InChI is InChI=1S/C8H9N/c1-2-4-8-7(3-1)5-6-9-8/h1-4,9H,5-6H2/i3D. The SMILES string of the molecule is [2H]c1cccc2c1CCN2. The van der Waals surface area contributed by atoms with Crippen molar-refractivity contribution >= 4 is 5.69 Å². The Morgan fingerprint density at radius 3 is 3.44 bits per heavy atom. The van der Waals surface area contributed by atoms with E-state index in [-0.39, 0.29) is 0 Å². The number of fused-ring (bicyclic) bond motifs is 1. The molecule has 0 unspecified atom stereocenters. The van der Waals surface area contributed by atoms with Gasteiger partial charge >= 0.3 is 0 Å². The highest BCUT2D eigenvalue weighted by molar-refractivity contribution is 5.54. The monoisotopic (exact) mass is 120 g/mol. The maximum absolute atomic E-state index is 7.51. The van der Waals surface area contributed by atoms with E-state index in [0.717, 1.165) is 18.7 Å². The summed E-state index contributed by atoms with van der Waals surface area (Å²) in [6.07, 6.45) is 1.01. The Kier molecular flexibility index (Phi) is 0.770.